The highest BCUT2D eigenvalue weighted by Crippen LogP contribution is 2.40. The number of alkyl carbamates (subject to hydrolysis) is 2. The molecule has 20 heteroatoms. The lowest BCUT2D eigenvalue weighted by Gasteiger charge is -2.50. The number of piperidine rings is 2. The largest absolute Gasteiger partial charge is 0.446 e. The Morgan fingerprint density at radius 2 is 0.832 bits per heavy atom. The Morgan fingerprint density at radius 3 is 1.18 bits per heavy atom. The third-order valence-electron chi connectivity index (χ3n) is 20.0. The number of benzene rings is 2. The predicted molar refractivity (Wildman–Crippen MR) is 397 cm³/mol. The van der Waals surface area contributed by atoms with Crippen molar-refractivity contribution in [1.29, 1.82) is 0 Å². The van der Waals surface area contributed by atoms with Gasteiger partial charge in [0.1, 0.15) is 24.3 Å². The van der Waals surface area contributed by atoms with Crippen molar-refractivity contribution in [2.24, 2.45) is 47.3 Å². The van der Waals surface area contributed by atoms with E-state index in [0.29, 0.717) is 114 Å². The van der Waals surface area contributed by atoms with E-state index in [1.165, 1.54) is 10.1 Å². The first-order valence-corrected chi connectivity index (χ1v) is 37.9. The van der Waals surface area contributed by atoms with Gasteiger partial charge in [0.25, 0.3) is 0 Å². The van der Waals surface area contributed by atoms with Gasteiger partial charge >= 0.3 is 12.2 Å². The Labute approximate surface area is 606 Å². The SMILES string of the molecule is CC(C)CC(=O)[C@H](CCCNC(=O)OC1CC(C)(C)N(O)C(C)(C)C1)NC(=O)[C@@H]1CCCN1C(=O)[C@H](/C=C/[C@@H](C)CC(C)C)Cc1ccccc1.CC(C)CC(=O)[C@H](CCNC(=O)OC1CC(C)(C)N(O)C(C)(C)C1)NC(=O)[C@@H]1CCCN1C(=O)[C@H](/C=C/[C@@H](C)CC(C)C)Cc1ccccc1. The van der Waals surface area contributed by atoms with Crippen molar-refractivity contribution in [3.63, 3.8) is 0 Å². The van der Waals surface area contributed by atoms with E-state index in [1.807, 2.05) is 156 Å². The summed E-state index contributed by atoms with van der Waals surface area (Å²) in [5, 5.41) is 35.3. The topological polar surface area (TPSA) is 257 Å². The standard InChI is InChI=1S/C41H66N4O6.C40H64N4O6/c1-28(2)23-30(5)19-20-32(25-31-15-11-10-12-16-31)38(48)44-22-14-18-35(44)37(47)43-34(36(46)24-29(3)4)17-13-21-42-39(49)51-33-26-40(6,7)45(50)41(8,9)27-33;1-27(2)22-29(5)17-18-31(24-30-14-11-10-12-15-30)37(47)43-21-13-16-34(43)36(46)42-33(35(45)23-28(3)4)19-20-41-38(48)50-32-25-39(6,7)44(49)40(8,9)26-32/h10-12,15-16,19-20,28-30,32-35,50H,13-14,17-18,21-27H2,1-9H3,(H,42,49)(H,43,47);10-12,14-15,17-18,27-29,31-34,49H,13,16,19-26H2,1-9H3,(H,41,48)(H,42,46)/b20-19+;18-17+/t30-,32-,34+,35+;29-,31-,33+,34+/m11/s1. The summed E-state index contributed by atoms with van der Waals surface area (Å²) in [6.07, 6.45) is 15.7. The number of hydrogen-bond acceptors (Lipinski definition) is 14. The number of amides is 6. The van der Waals surface area contributed by atoms with Gasteiger partial charge in [-0.15, -0.1) is 0 Å². The van der Waals surface area contributed by atoms with E-state index in [0.717, 1.165) is 30.4 Å². The number of hydroxylamine groups is 4. The zero-order chi connectivity index (χ0) is 75.2. The number of allylic oxidation sites excluding steroid dienone is 2. The molecule has 101 heavy (non-hydrogen) atoms. The molecule has 4 fully saturated rings. The Morgan fingerprint density at radius 1 is 0.485 bits per heavy atom. The van der Waals surface area contributed by atoms with Crippen LogP contribution in [0.2, 0.25) is 0 Å². The average Bonchev–Trinajstić information content (AvgIpc) is 1.69. The van der Waals surface area contributed by atoms with Crippen molar-refractivity contribution < 1.29 is 58.2 Å². The van der Waals surface area contributed by atoms with E-state index < -0.39 is 70.3 Å². The van der Waals surface area contributed by atoms with Gasteiger partial charge in [-0.3, -0.25) is 28.8 Å². The van der Waals surface area contributed by atoms with Gasteiger partial charge < -0.3 is 51.0 Å². The van der Waals surface area contributed by atoms with Crippen molar-refractivity contribution in [3.8, 4) is 0 Å². The molecule has 6 amide bonds. The molecule has 0 aliphatic carbocycles. The normalized spacial score (nSPS) is 21.2. The smallest absolute Gasteiger partial charge is 0.407 e. The van der Waals surface area contributed by atoms with Crippen LogP contribution in [0.5, 0.6) is 0 Å². The fourth-order valence-corrected chi connectivity index (χ4v) is 15.5. The van der Waals surface area contributed by atoms with Crippen LogP contribution in [0.15, 0.2) is 85.0 Å². The van der Waals surface area contributed by atoms with Crippen LogP contribution in [-0.4, -0.2) is 162 Å². The zero-order valence-electron chi connectivity index (χ0n) is 64.8. The number of hydrogen-bond donors (Lipinski definition) is 6. The van der Waals surface area contributed by atoms with Crippen molar-refractivity contribution >= 4 is 47.4 Å². The number of ether oxygens (including phenoxy) is 2. The molecule has 2 aromatic carbocycles. The molecule has 0 bridgehead atoms. The van der Waals surface area contributed by atoms with Crippen LogP contribution in [0.1, 0.15) is 232 Å². The maximum Gasteiger partial charge on any atom is 0.407 e. The molecule has 0 aromatic heterocycles. The predicted octanol–water partition coefficient (Wildman–Crippen LogP) is 13.8. The van der Waals surface area contributed by atoms with Crippen LogP contribution in [0.25, 0.3) is 0 Å². The molecule has 6 rings (SSSR count). The number of nitrogens with one attached hydrogen (secondary N) is 4. The van der Waals surface area contributed by atoms with Gasteiger partial charge in [0.15, 0.2) is 11.6 Å². The number of carbonyl (C=O) groups is 8. The Hall–Kier alpha value is -6.48. The summed E-state index contributed by atoms with van der Waals surface area (Å²) in [5.41, 5.74) is -0.0866. The van der Waals surface area contributed by atoms with Crippen molar-refractivity contribution in [3.05, 3.63) is 96.1 Å². The van der Waals surface area contributed by atoms with E-state index in [2.05, 4.69) is 75.0 Å². The van der Waals surface area contributed by atoms with E-state index in [-0.39, 0.29) is 85.2 Å². The van der Waals surface area contributed by atoms with E-state index in [1.54, 1.807) is 9.80 Å². The highest BCUT2D eigenvalue weighted by atomic mass is 16.6. The molecule has 0 spiro atoms. The van der Waals surface area contributed by atoms with Crippen molar-refractivity contribution in [2.75, 3.05) is 26.2 Å². The second kappa shape index (κ2) is 39.4. The Bertz CT molecular complexity index is 3000. The number of likely N-dealkylation sites (tertiary alicyclic amines) is 2. The average molecular weight is 1410 g/mol. The molecule has 0 saturated carbocycles. The number of carbonyl (C=O) groups excluding carboxylic acids is 8. The summed E-state index contributed by atoms with van der Waals surface area (Å²) in [7, 11) is 0. The summed E-state index contributed by atoms with van der Waals surface area (Å²) in [4.78, 5) is 112. The van der Waals surface area contributed by atoms with Crippen LogP contribution in [0.4, 0.5) is 9.59 Å². The first-order valence-electron chi connectivity index (χ1n) is 37.9. The monoisotopic (exact) mass is 1410 g/mol. The van der Waals surface area contributed by atoms with Crippen LogP contribution < -0.4 is 21.3 Å². The molecular weight excluding hydrogens is 1280 g/mol. The molecule has 4 aliphatic heterocycles. The first-order chi connectivity index (χ1) is 47.3. The quantitative estimate of drug-likeness (QED) is 0.0287. The molecule has 4 heterocycles. The molecule has 6 N–H and O–H groups in total. The second-order valence-electron chi connectivity index (χ2n) is 33.7. The van der Waals surface area contributed by atoms with E-state index in [4.69, 9.17) is 9.47 Å². The highest BCUT2D eigenvalue weighted by Gasteiger charge is 2.48. The molecule has 0 radical (unpaired) electrons. The third kappa shape index (κ3) is 27.6. The van der Waals surface area contributed by atoms with E-state index >= 15 is 0 Å². The van der Waals surface area contributed by atoms with Gasteiger partial charge in [0.05, 0.1) is 23.9 Å². The lowest BCUT2D eigenvalue weighted by atomic mass is 9.80. The van der Waals surface area contributed by atoms with Gasteiger partial charge in [-0.05, 0) is 173 Å². The molecule has 2 aromatic rings. The molecule has 0 unspecified atom stereocenters. The number of rotatable bonds is 33. The molecule has 4 aliphatic rings. The van der Waals surface area contributed by atoms with Crippen molar-refractivity contribution in [2.45, 2.75) is 292 Å². The maximum atomic E-state index is 14.1. The summed E-state index contributed by atoms with van der Waals surface area (Å²) < 4.78 is 11.5. The van der Waals surface area contributed by atoms with Gasteiger partial charge in [0.2, 0.25) is 23.6 Å². The number of Topliss-reactive ketones (excluding diaryl/α,β-unsaturated/α-hetero) is 2. The minimum atomic E-state index is -0.810. The molecule has 20 nitrogen and oxygen atoms in total. The van der Waals surface area contributed by atoms with Crippen molar-refractivity contribution in [1.82, 2.24) is 41.2 Å². The number of ketones is 2. The molecule has 8 atom stereocenters. The Kier molecular flexibility index (Phi) is 33.2. The highest BCUT2D eigenvalue weighted by molar-refractivity contribution is 5.95. The Balaban J connectivity index is 0.000000364. The fraction of sp³-hybridized carbons (Fsp3) is 0.704. The minimum Gasteiger partial charge on any atom is -0.446 e. The first kappa shape index (κ1) is 85.2. The lowest BCUT2D eigenvalue weighted by Crippen LogP contribution is -2.61. The van der Waals surface area contributed by atoms with Gasteiger partial charge in [-0.25, -0.2) is 9.59 Å². The maximum absolute atomic E-state index is 14.1. The fourth-order valence-electron chi connectivity index (χ4n) is 15.5. The van der Waals surface area contributed by atoms with Crippen LogP contribution >= 0.6 is 0 Å². The summed E-state index contributed by atoms with van der Waals surface area (Å²) >= 11 is 0. The summed E-state index contributed by atoms with van der Waals surface area (Å²) in [6.45, 7) is 37.6. The molecule has 566 valence electrons. The van der Waals surface area contributed by atoms with Crippen LogP contribution in [-0.2, 0) is 51.1 Å². The number of nitrogens with zero attached hydrogens (tertiary/aromatic N) is 4. The van der Waals surface area contributed by atoms with Crippen LogP contribution in [0.3, 0.4) is 0 Å². The van der Waals surface area contributed by atoms with Gasteiger partial charge in [-0.2, -0.15) is 10.1 Å². The molecule has 4 saturated heterocycles. The summed E-state index contributed by atoms with van der Waals surface area (Å²) in [6, 6.07) is 17.1. The third-order valence-corrected chi connectivity index (χ3v) is 20.0. The van der Waals surface area contributed by atoms with E-state index in [9.17, 15) is 48.8 Å². The van der Waals surface area contributed by atoms with Gasteiger partial charge in [-0.1, -0.05) is 154 Å². The lowest BCUT2D eigenvalue weighted by molar-refractivity contribution is -0.256. The minimum absolute atomic E-state index is 0.0546. The van der Waals surface area contributed by atoms with Gasteiger partial charge in [0, 0.05) is 86.9 Å². The summed E-state index contributed by atoms with van der Waals surface area (Å²) in [5.74, 6) is 0.221. The second-order valence-corrected chi connectivity index (χ2v) is 33.7. The van der Waals surface area contributed by atoms with Crippen LogP contribution in [0, 0.1) is 47.3 Å². The molecular formula is C81H130N8O12. The zero-order valence-corrected chi connectivity index (χ0v) is 64.8.